The summed E-state index contributed by atoms with van der Waals surface area (Å²) in [5.41, 5.74) is 0. The molecule has 3 atom stereocenters. The molecule has 2 aliphatic heterocycles. The molecule has 3 nitrogen and oxygen atoms in total. The van der Waals surface area contributed by atoms with E-state index in [1.807, 2.05) is 0 Å². The lowest BCUT2D eigenvalue weighted by molar-refractivity contribution is -0.161. The molecule has 3 fully saturated rings. The van der Waals surface area contributed by atoms with Gasteiger partial charge < -0.3 is 4.74 Å². The maximum atomic E-state index is 11.5. The second-order valence-corrected chi connectivity index (χ2v) is 4.70. The predicted octanol–water partition coefficient (Wildman–Crippen LogP) is 1.42. The van der Waals surface area contributed by atoms with Gasteiger partial charge in [-0.05, 0) is 33.1 Å². The SMILES string of the molecule is COC(=O)C1CCC2CC1N2C(C)C. The Morgan fingerprint density at radius 3 is 2.64 bits per heavy atom. The van der Waals surface area contributed by atoms with Gasteiger partial charge in [-0.2, -0.15) is 0 Å². The average molecular weight is 197 g/mol. The van der Waals surface area contributed by atoms with E-state index >= 15 is 0 Å². The lowest BCUT2D eigenvalue weighted by atomic mass is 9.71. The molecule has 0 N–H and O–H groups in total. The monoisotopic (exact) mass is 197 g/mol. The number of carbonyl (C=O) groups excluding carboxylic acids is 1. The summed E-state index contributed by atoms with van der Waals surface area (Å²) in [6.07, 6.45) is 3.37. The first-order valence-electron chi connectivity index (χ1n) is 5.50. The zero-order chi connectivity index (χ0) is 10.3. The second-order valence-electron chi connectivity index (χ2n) is 4.70. The first-order valence-corrected chi connectivity index (χ1v) is 5.50. The molecule has 0 spiro atoms. The smallest absolute Gasteiger partial charge is 0.310 e. The fraction of sp³-hybridized carbons (Fsp3) is 0.909. The van der Waals surface area contributed by atoms with Crippen LogP contribution in [0.15, 0.2) is 0 Å². The molecule has 14 heavy (non-hydrogen) atoms. The summed E-state index contributed by atoms with van der Waals surface area (Å²) in [5.74, 6) is 0.117. The Morgan fingerprint density at radius 1 is 1.43 bits per heavy atom. The van der Waals surface area contributed by atoms with E-state index < -0.39 is 0 Å². The van der Waals surface area contributed by atoms with Gasteiger partial charge in [0.25, 0.3) is 0 Å². The molecule has 3 heteroatoms. The van der Waals surface area contributed by atoms with Gasteiger partial charge in [0.2, 0.25) is 0 Å². The number of hydrogen-bond donors (Lipinski definition) is 0. The molecule has 0 aromatic rings. The van der Waals surface area contributed by atoms with Gasteiger partial charge in [0.1, 0.15) is 0 Å². The number of methoxy groups -OCH3 is 1. The van der Waals surface area contributed by atoms with Gasteiger partial charge in [-0.15, -0.1) is 0 Å². The van der Waals surface area contributed by atoms with Gasteiger partial charge in [0.15, 0.2) is 0 Å². The summed E-state index contributed by atoms with van der Waals surface area (Å²) >= 11 is 0. The van der Waals surface area contributed by atoms with E-state index in [-0.39, 0.29) is 11.9 Å². The Hall–Kier alpha value is -0.570. The number of fused-ring (bicyclic) bond motifs is 2. The van der Waals surface area contributed by atoms with E-state index in [4.69, 9.17) is 4.74 Å². The summed E-state index contributed by atoms with van der Waals surface area (Å²) in [6.45, 7) is 4.41. The molecule has 0 amide bonds. The molecule has 2 saturated heterocycles. The molecule has 0 aromatic heterocycles. The highest BCUT2D eigenvalue weighted by molar-refractivity contribution is 5.73. The van der Waals surface area contributed by atoms with E-state index in [1.54, 1.807) is 0 Å². The third kappa shape index (κ3) is 1.34. The Morgan fingerprint density at radius 2 is 2.14 bits per heavy atom. The molecule has 3 rings (SSSR count). The fourth-order valence-electron chi connectivity index (χ4n) is 3.09. The van der Waals surface area contributed by atoms with Gasteiger partial charge in [0, 0.05) is 18.1 Å². The topological polar surface area (TPSA) is 29.5 Å². The number of nitrogens with zero attached hydrogens (tertiary/aromatic N) is 1. The molecule has 80 valence electrons. The number of ether oxygens (including phenoxy) is 1. The summed E-state index contributed by atoms with van der Waals surface area (Å²) < 4.78 is 4.85. The molecule has 0 aromatic carbocycles. The first kappa shape index (κ1) is 9.97. The minimum Gasteiger partial charge on any atom is -0.469 e. The third-order valence-corrected chi connectivity index (χ3v) is 3.69. The standard InChI is InChI=1S/C11H19NO2/c1-7(2)12-8-4-5-9(10(12)6-8)11(13)14-3/h7-10H,4-6H2,1-3H3. The van der Waals surface area contributed by atoms with Crippen LogP contribution in [0.5, 0.6) is 0 Å². The predicted molar refractivity (Wildman–Crippen MR) is 53.9 cm³/mol. The van der Waals surface area contributed by atoms with E-state index in [1.165, 1.54) is 13.5 Å². The van der Waals surface area contributed by atoms with Gasteiger partial charge in [-0.3, -0.25) is 9.69 Å². The van der Waals surface area contributed by atoms with E-state index in [2.05, 4.69) is 18.7 Å². The minimum atomic E-state index is -0.0150. The third-order valence-electron chi connectivity index (χ3n) is 3.69. The first-order chi connectivity index (χ1) is 6.65. The number of rotatable bonds is 2. The molecule has 0 radical (unpaired) electrons. The van der Waals surface area contributed by atoms with Gasteiger partial charge in [-0.1, -0.05) is 0 Å². The molecule has 1 aliphatic carbocycles. The summed E-state index contributed by atoms with van der Waals surface area (Å²) in [4.78, 5) is 14.0. The maximum absolute atomic E-state index is 11.5. The van der Waals surface area contributed by atoms with Crippen LogP contribution >= 0.6 is 0 Å². The van der Waals surface area contributed by atoms with E-state index in [9.17, 15) is 4.79 Å². The van der Waals surface area contributed by atoms with Crippen molar-refractivity contribution in [2.24, 2.45) is 5.92 Å². The zero-order valence-corrected chi connectivity index (χ0v) is 9.19. The Bertz CT molecular complexity index is 237. The molecule has 2 heterocycles. The van der Waals surface area contributed by atoms with Crippen molar-refractivity contribution in [3.63, 3.8) is 0 Å². The van der Waals surface area contributed by atoms with Gasteiger partial charge in [0.05, 0.1) is 13.0 Å². The van der Waals surface area contributed by atoms with Crippen molar-refractivity contribution in [3.8, 4) is 0 Å². The van der Waals surface area contributed by atoms with Crippen LogP contribution < -0.4 is 0 Å². The van der Waals surface area contributed by atoms with Crippen molar-refractivity contribution >= 4 is 5.97 Å². The van der Waals surface area contributed by atoms with Crippen molar-refractivity contribution < 1.29 is 9.53 Å². The Kier molecular flexibility index (Phi) is 2.52. The largest absolute Gasteiger partial charge is 0.469 e. The Labute approximate surface area is 85.4 Å². The molecule has 2 bridgehead atoms. The number of esters is 1. The lowest BCUT2D eigenvalue weighted by Gasteiger charge is -2.57. The van der Waals surface area contributed by atoms with Crippen molar-refractivity contribution in [2.75, 3.05) is 7.11 Å². The van der Waals surface area contributed by atoms with E-state index in [0.717, 1.165) is 18.9 Å². The van der Waals surface area contributed by atoms with Crippen molar-refractivity contribution in [2.45, 2.75) is 51.2 Å². The maximum Gasteiger partial charge on any atom is 0.310 e. The number of carbonyl (C=O) groups is 1. The van der Waals surface area contributed by atoms with Crippen LogP contribution in [0.2, 0.25) is 0 Å². The summed E-state index contributed by atoms with van der Waals surface area (Å²) in [7, 11) is 1.49. The molecular formula is C11H19NO2. The lowest BCUT2D eigenvalue weighted by Crippen LogP contribution is -2.66. The van der Waals surface area contributed by atoms with Gasteiger partial charge >= 0.3 is 5.97 Å². The summed E-state index contributed by atoms with van der Waals surface area (Å²) in [6, 6.07) is 1.76. The van der Waals surface area contributed by atoms with Crippen LogP contribution in [-0.4, -0.2) is 36.1 Å². The highest BCUT2D eigenvalue weighted by Crippen LogP contribution is 2.43. The fourth-order valence-corrected chi connectivity index (χ4v) is 3.09. The highest BCUT2D eigenvalue weighted by Gasteiger charge is 2.50. The van der Waals surface area contributed by atoms with Crippen molar-refractivity contribution in [1.82, 2.24) is 4.90 Å². The summed E-state index contributed by atoms with van der Waals surface area (Å²) in [5, 5.41) is 0. The molecule has 1 saturated carbocycles. The molecule has 3 aliphatic rings. The molecule has 3 unspecified atom stereocenters. The molecular weight excluding hydrogens is 178 g/mol. The number of hydrogen-bond acceptors (Lipinski definition) is 3. The van der Waals surface area contributed by atoms with Crippen LogP contribution in [0, 0.1) is 5.92 Å². The second kappa shape index (κ2) is 3.54. The average Bonchev–Trinajstić information content (AvgIpc) is 2.15. The van der Waals surface area contributed by atoms with Crippen LogP contribution in [-0.2, 0) is 9.53 Å². The number of piperidine rings is 1. The van der Waals surface area contributed by atoms with Crippen LogP contribution in [0.25, 0.3) is 0 Å². The van der Waals surface area contributed by atoms with Gasteiger partial charge in [-0.25, -0.2) is 0 Å². The van der Waals surface area contributed by atoms with Crippen molar-refractivity contribution in [1.29, 1.82) is 0 Å². The minimum absolute atomic E-state index is 0.0150. The van der Waals surface area contributed by atoms with E-state index in [0.29, 0.717) is 12.1 Å². The quantitative estimate of drug-likeness (QED) is 0.627. The zero-order valence-electron chi connectivity index (χ0n) is 9.19. The van der Waals surface area contributed by atoms with Crippen LogP contribution in [0.1, 0.15) is 33.1 Å². The van der Waals surface area contributed by atoms with Crippen molar-refractivity contribution in [3.05, 3.63) is 0 Å². The highest BCUT2D eigenvalue weighted by atomic mass is 16.5. The van der Waals surface area contributed by atoms with Crippen LogP contribution in [0.4, 0.5) is 0 Å². The van der Waals surface area contributed by atoms with Crippen LogP contribution in [0.3, 0.4) is 0 Å². The normalized spacial score (nSPS) is 36.7. The Balaban J connectivity index is 2.05.